The Labute approximate surface area is 107 Å². The molecule has 0 spiro atoms. The van der Waals surface area contributed by atoms with E-state index in [4.69, 9.17) is 5.53 Å². The molecule has 2 saturated heterocycles. The van der Waals surface area contributed by atoms with E-state index in [9.17, 15) is 14.4 Å². The van der Waals surface area contributed by atoms with Crippen LogP contribution in [0.25, 0.3) is 5.53 Å². The molecule has 2 rings (SSSR count). The molecule has 0 aromatic rings. The van der Waals surface area contributed by atoms with E-state index >= 15 is 0 Å². The van der Waals surface area contributed by atoms with Crippen molar-refractivity contribution >= 4 is 35.1 Å². The maximum Gasteiger partial charge on any atom is 0.377 e. The highest BCUT2D eigenvalue weighted by atomic mass is 32.2. The van der Waals surface area contributed by atoms with Gasteiger partial charge >= 0.3 is 23.4 Å². The fraction of sp³-hybridized carbons (Fsp3) is 0.600. The van der Waals surface area contributed by atoms with Crippen LogP contribution in [0.1, 0.15) is 13.8 Å². The standard InChI is InChI=1S/C10H11N3O4S/c1-10(2)6(9(16)17-3)13-7(15)5(14)4(12-11)8(13)18-10/h6,8H,1-3H3/t6-,8+/m0/s1. The van der Waals surface area contributed by atoms with Crippen LogP contribution in [-0.4, -0.2) is 56.3 Å². The van der Waals surface area contributed by atoms with Gasteiger partial charge in [-0.05, 0) is 13.8 Å². The molecule has 2 fully saturated rings. The van der Waals surface area contributed by atoms with Crippen LogP contribution >= 0.6 is 11.8 Å². The van der Waals surface area contributed by atoms with E-state index in [2.05, 4.69) is 9.53 Å². The fourth-order valence-electron chi connectivity index (χ4n) is 2.23. The molecule has 0 aliphatic carbocycles. The lowest BCUT2D eigenvalue weighted by Crippen LogP contribution is -2.49. The third-order valence-corrected chi connectivity index (χ3v) is 4.54. The summed E-state index contributed by atoms with van der Waals surface area (Å²) >= 11 is 1.22. The lowest BCUT2D eigenvalue weighted by Gasteiger charge is -2.26. The number of nitrogens with zero attached hydrogens (tertiary/aromatic N) is 3. The number of hydrogen-bond acceptors (Lipinski definition) is 5. The van der Waals surface area contributed by atoms with Crippen molar-refractivity contribution in [2.45, 2.75) is 30.0 Å². The summed E-state index contributed by atoms with van der Waals surface area (Å²) in [5, 5.41) is -0.728. The monoisotopic (exact) mass is 269 g/mol. The average molecular weight is 269 g/mol. The molecule has 0 N–H and O–H groups in total. The number of ketones is 1. The average Bonchev–Trinajstić information content (AvgIpc) is 2.70. The van der Waals surface area contributed by atoms with Crippen LogP contribution in [0.15, 0.2) is 0 Å². The van der Waals surface area contributed by atoms with Crippen molar-refractivity contribution in [2.75, 3.05) is 7.11 Å². The summed E-state index contributed by atoms with van der Waals surface area (Å²) in [5.41, 5.74) is 8.58. The van der Waals surface area contributed by atoms with Crippen molar-refractivity contribution in [3.8, 4) is 0 Å². The van der Waals surface area contributed by atoms with Crippen LogP contribution in [0.3, 0.4) is 0 Å². The molecule has 2 heterocycles. The molecular formula is C10H11N3O4S. The molecular weight excluding hydrogens is 258 g/mol. The predicted octanol–water partition coefficient (Wildman–Crippen LogP) is -0.538. The quantitative estimate of drug-likeness (QED) is 0.275. The van der Waals surface area contributed by atoms with Gasteiger partial charge in [-0.1, -0.05) is 0 Å². The Hall–Kier alpha value is -1.66. The molecule has 0 unspecified atom stereocenters. The Morgan fingerprint density at radius 3 is 2.61 bits per heavy atom. The lowest BCUT2D eigenvalue weighted by molar-refractivity contribution is -0.153. The topological polar surface area (TPSA) is 100 Å². The van der Waals surface area contributed by atoms with Crippen LogP contribution in [0, 0.1) is 0 Å². The number of rotatable bonds is 1. The fourth-order valence-corrected chi connectivity index (χ4v) is 3.74. The van der Waals surface area contributed by atoms with E-state index in [0.29, 0.717) is 0 Å². The van der Waals surface area contributed by atoms with Gasteiger partial charge in [-0.25, -0.2) is 4.79 Å². The number of thioether (sulfide) groups is 1. The number of carbonyl (C=O) groups excluding carboxylic acids is 3. The van der Waals surface area contributed by atoms with E-state index in [0.717, 1.165) is 4.90 Å². The Morgan fingerprint density at radius 1 is 1.50 bits per heavy atom. The summed E-state index contributed by atoms with van der Waals surface area (Å²) in [4.78, 5) is 39.2. The third-order valence-electron chi connectivity index (χ3n) is 3.03. The highest BCUT2D eigenvalue weighted by molar-refractivity contribution is 8.02. The van der Waals surface area contributed by atoms with Crippen molar-refractivity contribution in [2.24, 2.45) is 0 Å². The maximum absolute atomic E-state index is 11.8. The van der Waals surface area contributed by atoms with Crippen molar-refractivity contribution in [1.29, 1.82) is 0 Å². The zero-order valence-corrected chi connectivity index (χ0v) is 10.9. The summed E-state index contributed by atoms with van der Waals surface area (Å²) < 4.78 is 4.05. The lowest BCUT2D eigenvalue weighted by atomic mass is 10.0. The van der Waals surface area contributed by atoms with Crippen LogP contribution in [0.2, 0.25) is 0 Å². The third kappa shape index (κ3) is 1.49. The van der Waals surface area contributed by atoms with Crippen LogP contribution in [0.5, 0.6) is 0 Å². The molecule has 0 aromatic heterocycles. The number of ether oxygens (including phenoxy) is 1. The maximum atomic E-state index is 11.8. The molecule has 96 valence electrons. The number of hydrogen-bond donors (Lipinski definition) is 0. The number of carbonyl (C=O) groups is 3. The number of esters is 1. The molecule has 2 aliphatic heterocycles. The van der Waals surface area contributed by atoms with Gasteiger partial charge in [-0.2, -0.15) is 4.79 Å². The number of amides is 1. The first-order valence-corrected chi connectivity index (χ1v) is 6.07. The minimum Gasteiger partial charge on any atom is -0.467 e. The summed E-state index contributed by atoms with van der Waals surface area (Å²) in [6.07, 6.45) is 0. The first-order valence-electron chi connectivity index (χ1n) is 5.19. The number of fused-ring (bicyclic) bond motifs is 1. The minimum absolute atomic E-state index is 0.232. The highest BCUT2D eigenvalue weighted by Gasteiger charge is 2.65. The summed E-state index contributed by atoms with van der Waals surface area (Å²) in [6, 6.07) is -0.867. The molecule has 7 nitrogen and oxygen atoms in total. The van der Waals surface area contributed by atoms with E-state index < -0.39 is 33.8 Å². The van der Waals surface area contributed by atoms with Gasteiger partial charge in [0.15, 0.2) is 5.37 Å². The van der Waals surface area contributed by atoms with Crippen molar-refractivity contribution < 1.29 is 23.9 Å². The minimum atomic E-state index is -0.876. The molecule has 18 heavy (non-hydrogen) atoms. The van der Waals surface area contributed by atoms with Crippen LogP contribution in [-0.2, 0) is 19.1 Å². The second kappa shape index (κ2) is 3.93. The number of methoxy groups -OCH3 is 1. The summed E-state index contributed by atoms with van der Waals surface area (Å²) in [5.74, 6) is -2.30. The van der Waals surface area contributed by atoms with Crippen LogP contribution in [0.4, 0.5) is 0 Å². The molecule has 8 heteroatoms. The van der Waals surface area contributed by atoms with Gasteiger partial charge in [-0.3, -0.25) is 14.5 Å². The van der Waals surface area contributed by atoms with E-state index in [-0.39, 0.29) is 5.71 Å². The van der Waals surface area contributed by atoms with Gasteiger partial charge in [-0.15, -0.1) is 11.8 Å². The molecule has 0 bridgehead atoms. The van der Waals surface area contributed by atoms with Gasteiger partial charge < -0.3 is 10.3 Å². The van der Waals surface area contributed by atoms with Gasteiger partial charge in [0.1, 0.15) is 6.04 Å². The molecule has 2 atom stereocenters. The van der Waals surface area contributed by atoms with Crippen molar-refractivity contribution in [1.82, 2.24) is 4.90 Å². The van der Waals surface area contributed by atoms with Crippen LogP contribution < -0.4 is 0 Å². The predicted molar refractivity (Wildman–Crippen MR) is 61.7 cm³/mol. The first-order chi connectivity index (χ1) is 8.35. The Bertz CT molecular complexity index is 509. The molecule has 0 saturated carbocycles. The second-order valence-electron chi connectivity index (χ2n) is 4.53. The summed E-state index contributed by atoms with van der Waals surface area (Å²) in [6.45, 7) is 3.54. The zero-order chi connectivity index (χ0) is 13.7. The van der Waals surface area contributed by atoms with E-state index in [1.165, 1.54) is 18.9 Å². The summed E-state index contributed by atoms with van der Waals surface area (Å²) in [7, 11) is 1.22. The van der Waals surface area contributed by atoms with E-state index in [1.807, 2.05) is 0 Å². The Morgan fingerprint density at radius 2 is 2.11 bits per heavy atom. The first kappa shape index (κ1) is 12.8. The van der Waals surface area contributed by atoms with Gasteiger partial charge in [0.2, 0.25) is 0 Å². The van der Waals surface area contributed by atoms with Gasteiger partial charge in [0, 0.05) is 4.75 Å². The van der Waals surface area contributed by atoms with Crippen molar-refractivity contribution in [3.05, 3.63) is 5.53 Å². The largest absolute Gasteiger partial charge is 0.467 e. The van der Waals surface area contributed by atoms with Crippen molar-refractivity contribution in [3.63, 3.8) is 0 Å². The number of Topliss-reactive ketones (excluding diaryl/α,β-unsaturated/α-hetero) is 1. The van der Waals surface area contributed by atoms with E-state index in [1.54, 1.807) is 13.8 Å². The molecule has 0 aromatic carbocycles. The molecule has 0 radical (unpaired) electrons. The smallest absolute Gasteiger partial charge is 0.377 e. The van der Waals surface area contributed by atoms with Gasteiger partial charge in [0.25, 0.3) is 0 Å². The molecule has 1 amide bonds. The Balaban J connectivity index is 2.51. The Kier molecular flexibility index (Phi) is 2.79. The molecule has 2 aliphatic rings. The second-order valence-corrected chi connectivity index (χ2v) is 6.26. The van der Waals surface area contributed by atoms with Gasteiger partial charge in [0.05, 0.1) is 7.11 Å². The SMILES string of the molecule is COC(=O)[C@@H]1N2C(=O)C(=O)C(=[N+]=[N-])[C@H]2SC1(C)C. The normalized spacial score (nSPS) is 29.3. The zero-order valence-electron chi connectivity index (χ0n) is 10.0. The highest BCUT2D eigenvalue weighted by Crippen LogP contribution is 2.47.